The molecule has 0 saturated carbocycles. The Labute approximate surface area is 122 Å². The van der Waals surface area contributed by atoms with Crippen LogP contribution in [-0.4, -0.2) is 18.6 Å². The van der Waals surface area contributed by atoms with Gasteiger partial charge in [-0.2, -0.15) is 0 Å². The first-order valence-corrected chi connectivity index (χ1v) is 6.34. The van der Waals surface area contributed by atoms with Gasteiger partial charge in [-0.15, -0.1) is 0 Å². The Morgan fingerprint density at radius 3 is 2.90 bits per heavy atom. The minimum Gasteiger partial charge on any atom is -0.486 e. The van der Waals surface area contributed by atoms with Crippen molar-refractivity contribution in [2.45, 2.75) is 6.61 Å². The van der Waals surface area contributed by atoms with E-state index < -0.39 is 0 Å². The van der Waals surface area contributed by atoms with Crippen LogP contribution >= 0.6 is 0 Å². The fraction of sp³-hybridized carbons (Fsp3) is 0.188. The molecule has 0 atom stereocenters. The predicted molar refractivity (Wildman–Crippen MR) is 77.5 cm³/mol. The lowest BCUT2D eigenvalue weighted by Gasteiger charge is -2.09. The summed E-state index contributed by atoms with van der Waals surface area (Å²) in [6.07, 6.45) is 0. The molecular formula is C16H15FN2O2. The number of rotatable bonds is 4. The van der Waals surface area contributed by atoms with Gasteiger partial charge in [-0.3, -0.25) is 0 Å². The normalized spacial score (nSPS) is 9.67. The molecule has 0 spiro atoms. The van der Waals surface area contributed by atoms with E-state index >= 15 is 0 Å². The second-order valence-electron chi connectivity index (χ2n) is 4.11. The number of pyridine rings is 1. The van der Waals surface area contributed by atoms with Crippen molar-refractivity contribution < 1.29 is 13.9 Å². The second kappa shape index (κ2) is 7.27. The molecular weight excluding hydrogens is 271 g/mol. The van der Waals surface area contributed by atoms with E-state index in [1.807, 2.05) is 12.1 Å². The van der Waals surface area contributed by atoms with Crippen molar-refractivity contribution in [3.8, 4) is 23.5 Å². The number of hydrogen-bond acceptors (Lipinski definition) is 4. The van der Waals surface area contributed by atoms with Crippen LogP contribution in [0.3, 0.4) is 0 Å². The van der Waals surface area contributed by atoms with Crippen LogP contribution in [0.1, 0.15) is 11.3 Å². The van der Waals surface area contributed by atoms with Gasteiger partial charge >= 0.3 is 0 Å². The largest absolute Gasteiger partial charge is 0.486 e. The van der Waals surface area contributed by atoms with Crippen molar-refractivity contribution in [3.63, 3.8) is 0 Å². The van der Waals surface area contributed by atoms with E-state index in [0.717, 1.165) is 0 Å². The van der Waals surface area contributed by atoms with E-state index in [9.17, 15) is 4.39 Å². The summed E-state index contributed by atoms with van der Waals surface area (Å²) in [5, 5.41) is 0. The van der Waals surface area contributed by atoms with Gasteiger partial charge in [-0.1, -0.05) is 17.9 Å². The van der Waals surface area contributed by atoms with Gasteiger partial charge in [0.15, 0.2) is 0 Å². The molecule has 0 bridgehead atoms. The molecule has 0 fully saturated rings. The molecule has 1 aromatic heterocycles. The van der Waals surface area contributed by atoms with Gasteiger partial charge < -0.3 is 15.2 Å². The minimum atomic E-state index is -0.372. The summed E-state index contributed by atoms with van der Waals surface area (Å²) in [7, 11) is 1.55. The summed E-state index contributed by atoms with van der Waals surface area (Å²) in [5.74, 6) is 6.10. The summed E-state index contributed by atoms with van der Waals surface area (Å²) in [6.45, 7) is 0.438. The lowest BCUT2D eigenvalue weighted by molar-refractivity contribution is 0.297. The Morgan fingerprint density at radius 1 is 1.29 bits per heavy atom. The molecule has 108 valence electrons. The lowest BCUT2D eigenvalue weighted by Crippen LogP contribution is -2.01. The van der Waals surface area contributed by atoms with Gasteiger partial charge in [0.2, 0.25) is 5.88 Å². The van der Waals surface area contributed by atoms with Crippen molar-refractivity contribution in [2.75, 3.05) is 13.7 Å². The fourth-order valence-electron chi connectivity index (χ4n) is 1.68. The molecule has 0 saturated heterocycles. The lowest BCUT2D eigenvalue weighted by atomic mass is 10.2. The summed E-state index contributed by atoms with van der Waals surface area (Å²) < 4.78 is 23.9. The van der Waals surface area contributed by atoms with Crippen LogP contribution < -0.4 is 15.2 Å². The van der Waals surface area contributed by atoms with E-state index in [-0.39, 0.29) is 19.0 Å². The molecule has 0 radical (unpaired) electrons. The molecule has 0 aliphatic rings. The maximum Gasteiger partial charge on any atom is 0.213 e. The molecule has 2 N–H and O–H groups in total. The number of aromatic nitrogens is 1. The maximum absolute atomic E-state index is 13.3. The number of halogens is 1. The van der Waals surface area contributed by atoms with Crippen molar-refractivity contribution in [1.82, 2.24) is 4.98 Å². The van der Waals surface area contributed by atoms with E-state index in [0.29, 0.717) is 22.9 Å². The first-order valence-electron chi connectivity index (χ1n) is 6.34. The number of hydrogen-bond donors (Lipinski definition) is 1. The summed E-state index contributed by atoms with van der Waals surface area (Å²) >= 11 is 0. The first kappa shape index (κ1) is 14.8. The van der Waals surface area contributed by atoms with Crippen LogP contribution in [0.4, 0.5) is 4.39 Å². The van der Waals surface area contributed by atoms with E-state index in [4.69, 9.17) is 15.2 Å². The van der Waals surface area contributed by atoms with Gasteiger partial charge in [-0.25, -0.2) is 9.37 Å². The zero-order valence-electron chi connectivity index (χ0n) is 11.6. The van der Waals surface area contributed by atoms with Gasteiger partial charge in [0.25, 0.3) is 0 Å². The average Bonchev–Trinajstić information content (AvgIpc) is 2.52. The van der Waals surface area contributed by atoms with Crippen molar-refractivity contribution >= 4 is 0 Å². The zero-order valence-corrected chi connectivity index (χ0v) is 11.6. The van der Waals surface area contributed by atoms with Gasteiger partial charge in [0.1, 0.15) is 18.2 Å². The average molecular weight is 286 g/mol. The van der Waals surface area contributed by atoms with Crippen LogP contribution in [0.15, 0.2) is 36.4 Å². The number of methoxy groups -OCH3 is 1. The first-order chi connectivity index (χ1) is 10.2. The van der Waals surface area contributed by atoms with Crippen LogP contribution in [0.25, 0.3) is 0 Å². The third-order valence-corrected chi connectivity index (χ3v) is 2.63. The molecule has 2 aromatic rings. The molecule has 5 heteroatoms. The van der Waals surface area contributed by atoms with E-state index in [1.165, 1.54) is 18.2 Å². The topological polar surface area (TPSA) is 57.4 Å². The SMILES string of the molecule is COc1cccc(COc2ccc(F)cc2C#CCN)n1. The van der Waals surface area contributed by atoms with E-state index in [2.05, 4.69) is 16.8 Å². The smallest absolute Gasteiger partial charge is 0.213 e. The predicted octanol–water partition coefficient (Wildman–Crippen LogP) is 2.12. The molecule has 4 nitrogen and oxygen atoms in total. The molecule has 0 aliphatic heterocycles. The highest BCUT2D eigenvalue weighted by molar-refractivity contribution is 5.46. The number of benzene rings is 1. The van der Waals surface area contributed by atoms with Gasteiger partial charge in [0.05, 0.1) is 24.9 Å². The Balaban J connectivity index is 2.15. The van der Waals surface area contributed by atoms with E-state index in [1.54, 1.807) is 13.2 Å². The van der Waals surface area contributed by atoms with Crippen molar-refractivity contribution in [3.05, 3.63) is 53.5 Å². The quantitative estimate of drug-likeness (QED) is 0.875. The molecule has 2 rings (SSSR count). The van der Waals surface area contributed by atoms with Crippen molar-refractivity contribution in [2.24, 2.45) is 5.73 Å². The Bertz CT molecular complexity index is 677. The molecule has 1 aromatic carbocycles. The number of ether oxygens (including phenoxy) is 2. The summed E-state index contributed by atoms with van der Waals surface area (Å²) in [4.78, 5) is 4.24. The molecule has 0 amide bonds. The minimum absolute atomic E-state index is 0.202. The number of nitrogens with two attached hydrogens (primary N) is 1. The molecule has 1 heterocycles. The monoisotopic (exact) mass is 286 g/mol. The van der Waals surface area contributed by atoms with Crippen LogP contribution in [0.5, 0.6) is 11.6 Å². The maximum atomic E-state index is 13.3. The molecule has 21 heavy (non-hydrogen) atoms. The summed E-state index contributed by atoms with van der Waals surface area (Å²) in [6, 6.07) is 9.57. The molecule has 0 aliphatic carbocycles. The Kier molecular flexibility index (Phi) is 5.13. The summed E-state index contributed by atoms with van der Waals surface area (Å²) in [5.41, 5.74) is 6.50. The molecule has 0 unspecified atom stereocenters. The van der Waals surface area contributed by atoms with Crippen LogP contribution in [0, 0.1) is 17.7 Å². The highest BCUT2D eigenvalue weighted by atomic mass is 19.1. The van der Waals surface area contributed by atoms with Crippen LogP contribution in [-0.2, 0) is 6.61 Å². The number of nitrogens with zero attached hydrogens (tertiary/aromatic N) is 1. The highest BCUT2D eigenvalue weighted by Gasteiger charge is 2.05. The zero-order chi connectivity index (χ0) is 15.1. The fourth-order valence-corrected chi connectivity index (χ4v) is 1.68. The third kappa shape index (κ3) is 4.20. The van der Waals surface area contributed by atoms with Gasteiger partial charge in [-0.05, 0) is 24.3 Å². The van der Waals surface area contributed by atoms with Crippen LogP contribution in [0.2, 0.25) is 0 Å². The Hall–Kier alpha value is -2.58. The third-order valence-electron chi connectivity index (χ3n) is 2.63. The second-order valence-corrected chi connectivity index (χ2v) is 4.11. The highest BCUT2D eigenvalue weighted by Crippen LogP contribution is 2.20. The van der Waals surface area contributed by atoms with Gasteiger partial charge in [0, 0.05) is 6.07 Å². The Morgan fingerprint density at radius 2 is 2.14 bits per heavy atom. The standard InChI is InChI=1S/C16H15FN2O2/c1-20-16-6-2-5-14(19-16)11-21-15-8-7-13(17)10-12(15)4-3-9-18/h2,5-8,10H,9,11,18H2,1H3. The van der Waals surface area contributed by atoms with Crippen molar-refractivity contribution in [1.29, 1.82) is 0 Å².